The smallest absolute Gasteiger partial charge is 0.227 e. The zero-order valence-corrected chi connectivity index (χ0v) is 18.1. The van der Waals surface area contributed by atoms with E-state index in [0.29, 0.717) is 18.9 Å². The van der Waals surface area contributed by atoms with Crippen LogP contribution in [0.3, 0.4) is 0 Å². The van der Waals surface area contributed by atoms with Crippen LogP contribution in [0.2, 0.25) is 0 Å². The molecule has 0 saturated carbocycles. The highest BCUT2D eigenvalue weighted by molar-refractivity contribution is 6.02. The van der Waals surface area contributed by atoms with Gasteiger partial charge >= 0.3 is 0 Å². The van der Waals surface area contributed by atoms with E-state index in [9.17, 15) is 9.59 Å². The van der Waals surface area contributed by atoms with Crippen molar-refractivity contribution in [2.24, 2.45) is 0 Å². The maximum absolute atomic E-state index is 12.7. The van der Waals surface area contributed by atoms with Crippen LogP contribution in [0.25, 0.3) is 0 Å². The normalized spacial score (nSPS) is 16.9. The standard InChI is InChI=1S/C25H28N2O2.ClH/c28-23(7-3-4-11-26-22-15-17-5-1-2-6-18(17)16-22)21-13-19-8-9-24(29)27-12-10-20(14-21)25(19)27;/h1-2,5-6,13-14,22,26H,3-4,7-12,15-16H2;1H. The van der Waals surface area contributed by atoms with E-state index in [2.05, 4.69) is 29.6 Å². The van der Waals surface area contributed by atoms with E-state index in [0.717, 1.165) is 62.9 Å². The minimum Gasteiger partial charge on any atom is -0.313 e. The number of nitrogens with zero attached hydrogens (tertiary/aromatic N) is 1. The van der Waals surface area contributed by atoms with Gasteiger partial charge in [-0.05, 0) is 79.5 Å². The van der Waals surface area contributed by atoms with Gasteiger partial charge in [0, 0.05) is 31.0 Å². The van der Waals surface area contributed by atoms with Crippen LogP contribution in [-0.4, -0.2) is 30.8 Å². The molecular weight excluding hydrogens is 396 g/mol. The number of anilines is 1. The van der Waals surface area contributed by atoms with Gasteiger partial charge in [0.2, 0.25) is 5.91 Å². The molecule has 0 aromatic heterocycles. The second-order valence-electron chi connectivity index (χ2n) is 8.65. The van der Waals surface area contributed by atoms with Crippen LogP contribution < -0.4 is 10.2 Å². The third kappa shape index (κ3) is 4.03. The van der Waals surface area contributed by atoms with E-state index in [-0.39, 0.29) is 24.1 Å². The largest absolute Gasteiger partial charge is 0.313 e. The number of hydrogen-bond acceptors (Lipinski definition) is 3. The Kier molecular flexibility index (Phi) is 6.26. The highest BCUT2D eigenvalue weighted by Gasteiger charge is 2.31. The lowest BCUT2D eigenvalue weighted by Crippen LogP contribution is -2.32. The Labute approximate surface area is 184 Å². The molecule has 2 aromatic rings. The van der Waals surface area contributed by atoms with Gasteiger partial charge in [-0.2, -0.15) is 0 Å². The van der Waals surface area contributed by atoms with Crippen molar-refractivity contribution in [3.8, 4) is 0 Å². The Hall–Kier alpha value is -2.17. The lowest BCUT2D eigenvalue weighted by Gasteiger charge is -2.25. The first-order valence-corrected chi connectivity index (χ1v) is 11.0. The van der Waals surface area contributed by atoms with Crippen LogP contribution in [-0.2, 0) is 30.5 Å². The van der Waals surface area contributed by atoms with Crippen LogP contribution in [0, 0.1) is 0 Å². The van der Waals surface area contributed by atoms with Gasteiger partial charge in [-0.15, -0.1) is 12.4 Å². The van der Waals surface area contributed by atoms with E-state index in [1.54, 1.807) is 0 Å². The average molecular weight is 425 g/mol. The molecule has 158 valence electrons. The maximum Gasteiger partial charge on any atom is 0.227 e. The van der Waals surface area contributed by atoms with Crippen molar-refractivity contribution in [2.45, 2.75) is 57.4 Å². The molecule has 0 saturated heterocycles. The SMILES string of the molecule is Cl.O=C(CCCCNC1Cc2ccccc2C1)c1cc2c3c(c1)CCN3C(=O)CC2. The predicted molar refractivity (Wildman–Crippen MR) is 122 cm³/mol. The van der Waals surface area contributed by atoms with Gasteiger partial charge in [0.15, 0.2) is 5.78 Å². The average Bonchev–Trinajstić information content (AvgIpc) is 3.35. The van der Waals surface area contributed by atoms with Gasteiger partial charge < -0.3 is 10.2 Å². The number of ketones is 1. The molecule has 0 bridgehead atoms. The summed E-state index contributed by atoms with van der Waals surface area (Å²) in [5, 5.41) is 3.66. The fourth-order valence-corrected chi connectivity index (χ4v) is 5.18. The van der Waals surface area contributed by atoms with Crippen LogP contribution in [0.1, 0.15) is 58.3 Å². The summed E-state index contributed by atoms with van der Waals surface area (Å²) in [5.41, 5.74) is 7.25. The molecule has 1 amide bonds. The minimum absolute atomic E-state index is 0. The Morgan fingerprint density at radius 2 is 1.67 bits per heavy atom. The molecule has 2 aliphatic heterocycles. The van der Waals surface area contributed by atoms with Crippen molar-refractivity contribution in [2.75, 3.05) is 18.0 Å². The molecule has 0 fully saturated rings. The number of rotatable bonds is 7. The summed E-state index contributed by atoms with van der Waals surface area (Å²) in [6.07, 6.45) is 7.00. The van der Waals surface area contributed by atoms with Gasteiger partial charge in [-0.3, -0.25) is 9.59 Å². The van der Waals surface area contributed by atoms with Crippen molar-refractivity contribution in [1.29, 1.82) is 0 Å². The lowest BCUT2D eigenvalue weighted by atomic mass is 9.94. The number of nitrogens with one attached hydrogen (secondary N) is 1. The number of fused-ring (bicyclic) bond motifs is 1. The highest BCUT2D eigenvalue weighted by Crippen LogP contribution is 2.37. The number of halogens is 1. The third-order valence-corrected chi connectivity index (χ3v) is 6.69. The van der Waals surface area contributed by atoms with Crippen molar-refractivity contribution >= 4 is 29.8 Å². The Balaban J connectivity index is 0.00000218. The summed E-state index contributed by atoms with van der Waals surface area (Å²) < 4.78 is 0. The molecule has 1 N–H and O–H groups in total. The number of hydrogen-bond donors (Lipinski definition) is 1. The summed E-state index contributed by atoms with van der Waals surface area (Å²) >= 11 is 0. The van der Waals surface area contributed by atoms with Crippen molar-refractivity contribution in [3.63, 3.8) is 0 Å². The molecule has 5 heteroatoms. The number of Topliss-reactive ketones (excluding diaryl/α,β-unsaturated/α-hetero) is 1. The zero-order valence-electron chi connectivity index (χ0n) is 17.3. The van der Waals surface area contributed by atoms with E-state index in [1.165, 1.54) is 22.3 Å². The lowest BCUT2D eigenvalue weighted by molar-refractivity contribution is -0.118. The molecule has 1 aliphatic carbocycles. The fourth-order valence-electron chi connectivity index (χ4n) is 5.18. The van der Waals surface area contributed by atoms with Crippen LogP contribution >= 0.6 is 12.4 Å². The van der Waals surface area contributed by atoms with Gasteiger partial charge in [0.1, 0.15) is 0 Å². The summed E-state index contributed by atoms with van der Waals surface area (Å²) in [6.45, 7) is 1.74. The van der Waals surface area contributed by atoms with Gasteiger partial charge in [0.05, 0.1) is 5.69 Å². The van der Waals surface area contributed by atoms with E-state index in [4.69, 9.17) is 0 Å². The Morgan fingerprint density at radius 1 is 0.967 bits per heavy atom. The van der Waals surface area contributed by atoms with Crippen LogP contribution in [0.15, 0.2) is 36.4 Å². The number of carbonyl (C=O) groups is 2. The maximum atomic E-state index is 12.7. The summed E-state index contributed by atoms with van der Waals surface area (Å²) in [6, 6.07) is 13.3. The third-order valence-electron chi connectivity index (χ3n) is 6.69. The zero-order chi connectivity index (χ0) is 19.8. The van der Waals surface area contributed by atoms with Crippen LogP contribution in [0.5, 0.6) is 0 Å². The van der Waals surface area contributed by atoms with Crippen molar-refractivity contribution < 1.29 is 9.59 Å². The molecule has 0 spiro atoms. The molecule has 2 heterocycles. The highest BCUT2D eigenvalue weighted by atomic mass is 35.5. The van der Waals surface area contributed by atoms with Crippen molar-refractivity contribution in [1.82, 2.24) is 5.32 Å². The quantitative estimate of drug-likeness (QED) is 0.538. The molecule has 5 rings (SSSR count). The van der Waals surface area contributed by atoms with E-state index >= 15 is 0 Å². The molecule has 30 heavy (non-hydrogen) atoms. The second-order valence-corrected chi connectivity index (χ2v) is 8.65. The number of amides is 1. The van der Waals surface area contributed by atoms with Gasteiger partial charge in [-0.1, -0.05) is 24.3 Å². The Bertz CT molecular complexity index is 947. The predicted octanol–water partition coefficient (Wildman–Crippen LogP) is 4.05. The number of benzene rings is 2. The molecule has 2 aromatic carbocycles. The van der Waals surface area contributed by atoms with Crippen LogP contribution in [0.4, 0.5) is 5.69 Å². The molecule has 0 unspecified atom stereocenters. The molecular formula is C25H29ClN2O2. The summed E-state index contributed by atoms with van der Waals surface area (Å²) in [7, 11) is 0. The molecule has 0 atom stereocenters. The first-order chi connectivity index (χ1) is 14.2. The first-order valence-electron chi connectivity index (χ1n) is 11.0. The topological polar surface area (TPSA) is 49.4 Å². The number of aryl methyl sites for hydroxylation is 1. The van der Waals surface area contributed by atoms with Gasteiger partial charge in [-0.25, -0.2) is 0 Å². The van der Waals surface area contributed by atoms with Gasteiger partial charge in [0.25, 0.3) is 0 Å². The summed E-state index contributed by atoms with van der Waals surface area (Å²) in [4.78, 5) is 26.7. The van der Waals surface area contributed by atoms with Crippen molar-refractivity contribution in [3.05, 3.63) is 64.2 Å². The summed E-state index contributed by atoms with van der Waals surface area (Å²) in [5.74, 6) is 0.473. The van der Waals surface area contributed by atoms with E-state index in [1.807, 2.05) is 17.0 Å². The monoisotopic (exact) mass is 424 g/mol. The molecule has 0 radical (unpaired) electrons. The fraction of sp³-hybridized carbons (Fsp3) is 0.440. The number of carbonyl (C=O) groups excluding carboxylic acids is 2. The van der Waals surface area contributed by atoms with E-state index < -0.39 is 0 Å². The Morgan fingerprint density at radius 3 is 2.40 bits per heavy atom. The second kappa shape index (κ2) is 8.91. The number of unbranched alkanes of at least 4 members (excludes halogenated alkanes) is 1. The minimum atomic E-state index is 0. The first kappa shape index (κ1) is 21.1. The molecule has 3 aliphatic rings. The molecule has 4 nitrogen and oxygen atoms in total.